The van der Waals surface area contributed by atoms with Crippen molar-refractivity contribution < 1.29 is 9.66 Å². The third kappa shape index (κ3) is 2.98. The van der Waals surface area contributed by atoms with Crippen LogP contribution < -0.4 is 5.32 Å². The molecule has 0 saturated carbocycles. The molecule has 0 amide bonds. The molecule has 1 N–H and O–H groups in total. The Labute approximate surface area is 110 Å². The van der Waals surface area contributed by atoms with Gasteiger partial charge in [0.15, 0.2) is 0 Å². The van der Waals surface area contributed by atoms with Crippen LogP contribution in [0.4, 0.5) is 5.69 Å². The van der Waals surface area contributed by atoms with Gasteiger partial charge < -0.3 is 10.1 Å². The molecule has 0 spiro atoms. The van der Waals surface area contributed by atoms with Gasteiger partial charge in [-0.1, -0.05) is 11.6 Å². The Hall–Kier alpha value is -1.17. The zero-order chi connectivity index (χ0) is 13.1. The summed E-state index contributed by atoms with van der Waals surface area (Å²) < 4.78 is 5.45. The molecule has 1 aliphatic heterocycles. The van der Waals surface area contributed by atoms with Gasteiger partial charge in [-0.05, 0) is 25.0 Å². The topological polar surface area (TPSA) is 64.4 Å². The van der Waals surface area contributed by atoms with E-state index >= 15 is 0 Å². The molecule has 18 heavy (non-hydrogen) atoms. The first-order chi connectivity index (χ1) is 8.58. The van der Waals surface area contributed by atoms with Gasteiger partial charge in [0, 0.05) is 31.3 Å². The molecule has 2 atom stereocenters. The Balaban J connectivity index is 1.99. The fraction of sp³-hybridized carbons (Fsp3) is 0.500. The van der Waals surface area contributed by atoms with E-state index in [2.05, 4.69) is 5.32 Å². The highest BCUT2D eigenvalue weighted by Gasteiger charge is 2.23. The van der Waals surface area contributed by atoms with Crippen molar-refractivity contribution in [2.45, 2.75) is 32.0 Å². The van der Waals surface area contributed by atoms with E-state index in [0.717, 1.165) is 18.6 Å². The van der Waals surface area contributed by atoms with Crippen molar-refractivity contribution in [1.29, 1.82) is 0 Å². The monoisotopic (exact) mass is 270 g/mol. The minimum Gasteiger partial charge on any atom is -0.377 e. The van der Waals surface area contributed by atoms with E-state index in [-0.39, 0.29) is 11.8 Å². The number of benzene rings is 1. The summed E-state index contributed by atoms with van der Waals surface area (Å²) in [5.74, 6) is 0. The van der Waals surface area contributed by atoms with Crippen molar-refractivity contribution >= 4 is 17.3 Å². The Bertz CT molecular complexity index is 453. The number of hydrogen-bond acceptors (Lipinski definition) is 4. The molecule has 5 nitrogen and oxygen atoms in total. The van der Waals surface area contributed by atoms with Crippen LogP contribution in [0.5, 0.6) is 0 Å². The van der Waals surface area contributed by atoms with E-state index in [9.17, 15) is 10.1 Å². The van der Waals surface area contributed by atoms with Gasteiger partial charge >= 0.3 is 0 Å². The van der Waals surface area contributed by atoms with Gasteiger partial charge in [-0.15, -0.1) is 0 Å². The van der Waals surface area contributed by atoms with Crippen LogP contribution in [-0.4, -0.2) is 23.7 Å². The number of non-ortho nitro benzene ring substituents is 1. The van der Waals surface area contributed by atoms with Crippen molar-refractivity contribution in [1.82, 2.24) is 5.32 Å². The van der Waals surface area contributed by atoms with Crippen molar-refractivity contribution in [2.75, 3.05) is 6.61 Å². The minimum absolute atomic E-state index is 0.0151. The van der Waals surface area contributed by atoms with Crippen LogP contribution in [0.1, 0.15) is 18.9 Å². The standard InChI is InChI=1S/C12H15ClN2O3/c1-8-12(4-5-18-8)14-7-9-2-3-10(15(16)17)6-11(9)13/h2-3,6,8,12,14H,4-5,7H2,1H3. The quantitative estimate of drug-likeness (QED) is 0.674. The van der Waals surface area contributed by atoms with Crippen LogP contribution in [-0.2, 0) is 11.3 Å². The van der Waals surface area contributed by atoms with Crippen LogP contribution in [0, 0.1) is 10.1 Å². The third-order valence-electron chi connectivity index (χ3n) is 3.18. The summed E-state index contributed by atoms with van der Waals surface area (Å²) in [6, 6.07) is 4.86. The normalized spacial score (nSPS) is 23.2. The first kappa shape index (κ1) is 13.3. The van der Waals surface area contributed by atoms with Crippen LogP contribution in [0.25, 0.3) is 0 Å². The third-order valence-corrected chi connectivity index (χ3v) is 3.53. The Morgan fingerprint density at radius 2 is 2.39 bits per heavy atom. The van der Waals surface area contributed by atoms with Crippen LogP contribution in [0.2, 0.25) is 5.02 Å². The minimum atomic E-state index is -0.448. The number of halogens is 1. The highest BCUT2D eigenvalue weighted by molar-refractivity contribution is 6.31. The molecule has 6 heteroatoms. The Morgan fingerprint density at radius 1 is 1.61 bits per heavy atom. The van der Waals surface area contributed by atoms with Crippen LogP contribution in [0.15, 0.2) is 18.2 Å². The predicted octanol–water partition coefficient (Wildman–Crippen LogP) is 2.52. The molecule has 2 rings (SSSR count). The first-order valence-electron chi connectivity index (χ1n) is 5.85. The van der Waals surface area contributed by atoms with Crippen LogP contribution in [0.3, 0.4) is 0 Å². The average molecular weight is 271 g/mol. The highest BCUT2D eigenvalue weighted by atomic mass is 35.5. The molecule has 2 unspecified atom stereocenters. The lowest BCUT2D eigenvalue weighted by molar-refractivity contribution is -0.384. The molecule has 1 saturated heterocycles. The summed E-state index contributed by atoms with van der Waals surface area (Å²) in [4.78, 5) is 10.1. The molecule has 1 fully saturated rings. The number of nitro groups is 1. The van der Waals surface area contributed by atoms with Gasteiger partial charge in [-0.2, -0.15) is 0 Å². The Kier molecular flexibility index (Phi) is 4.16. The zero-order valence-corrected chi connectivity index (χ0v) is 10.8. The largest absolute Gasteiger partial charge is 0.377 e. The first-order valence-corrected chi connectivity index (χ1v) is 6.23. The molecule has 0 bridgehead atoms. The molecule has 1 aromatic carbocycles. The Morgan fingerprint density at radius 3 is 2.94 bits per heavy atom. The summed E-state index contributed by atoms with van der Waals surface area (Å²) >= 11 is 6.02. The summed E-state index contributed by atoms with van der Waals surface area (Å²) in [6.07, 6.45) is 1.17. The van der Waals surface area contributed by atoms with Crippen molar-refractivity contribution in [3.8, 4) is 0 Å². The molecule has 1 aromatic rings. The van der Waals surface area contributed by atoms with Crippen molar-refractivity contribution in [2.24, 2.45) is 0 Å². The number of hydrogen-bond donors (Lipinski definition) is 1. The van der Waals surface area contributed by atoms with E-state index in [1.165, 1.54) is 12.1 Å². The number of nitro benzene ring substituents is 1. The fourth-order valence-corrected chi connectivity index (χ4v) is 2.28. The molecule has 1 heterocycles. The van der Waals surface area contributed by atoms with E-state index < -0.39 is 4.92 Å². The number of ether oxygens (including phenoxy) is 1. The molecule has 0 aromatic heterocycles. The lowest BCUT2D eigenvalue weighted by atomic mass is 10.1. The average Bonchev–Trinajstić information content (AvgIpc) is 2.73. The van der Waals surface area contributed by atoms with Gasteiger partial charge in [-0.25, -0.2) is 0 Å². The molecule has 0 aliphatic carbocycles. The van der Waals surface area contributed by atoms with Crippen molar-refractivity contribution in [3.63, 3.8) is 0 Å². The number of nitrogens with zero attached hydrogens (tertiary/aromatic N) is 1. The summed E-state index contributed by atoms with van der Waals surface area (Å²) in [7, 11) is 0. The van der Waals surface area contributed by atoms with E-state index in [1.54, 1.807) is 6.07 Å². The molecule has 1 aliphatic rings. The van der Waals surface area contributed by atoms with E-state index in [0.29, 0.717) is 17.6 Å². The van der Waals surface area contributed by atoms with Gasteiger partial charge in [0.1, 0.15) is 0 Å². The van der Waals surface area contributed by atoms with Gasteiger partial charge in [-0.3, -0.25) is 10.1 Å². The maximum atomic E-state index is 10.6. The maximum Gasteiger partial charge on any atom is 0.270 e. The zero-order valence-electron chi connectivity index (χ0n) is 10.1. The lowest BCUT2D eigenvalue weighted by Crippen LogP contribution is -2.34. The molecular weight excluding hydrogens is 256 g/mol. The summed E-state index contributed by atoms with van der Waals surface area (Å²) in [5.41, 5.74) is 0.877. The second kappa shape index (κ2) is 5.65. The fourth-order valence-electron chi connectivity index (χ4n) is 2.03. The second-order valence-corrected chi connectivity index (χ2v) is 4.79. The molecular formula is C12H15ClN2O3. The van der Waals surface area contributed by atoms with Gasteiger partial charge in [0.25, 0.3) is 5.69 Å². The van der Waals surface area contributed by atoms with Crippen LogP contribution >= 0.6 is 11.6 Å². The van der Waals surface area contributed by atoms with Crippen molar-refractivity contribution in [3.05, 3.63) is 38.9 Å². The molecule has 98 valence electrons. The predicted molar refractivity (Wildman–Crippen MR) is 68.8 cm³/mol. The number of nitrogens with one attached hydrogen (secondary N) is 1. The lowest BCUT2D eigenvalue weighted by Gasteiger charge is -2.16. The number of rotatable bonds is 4. The molecule has 0 radical (unpaired) electrons. The summed E-state index contributed by atoms with van der Waals surface area (Å²) in [6.45, 7) is 3.39. The van der Waals surface area contributed by atoms with E-state index in [1.807, 2.05) is 6.92 Å². The second-order valence-electron chi connectivity index (χ2n) is 4.38. The maximum absolute atomic E-state index is 10.6. The van der Waals surface area contributed by atoms with Gasteiger partial charge in [0.2, 0.25) is 0 Å². The highest BCUT2D eigenvalue weighted by Crippen LogP contribution is 2.23. The smallest absolute Gasteiger partial charge is 0.270 e. The SMILES string of the molecule is CC1OCCC1NCc1ccc([N+](=O)[O-])cc1Cl. The van der Waals surface area contributed by atoms with Gasteiger partial charge in [0.05, 0.1) is 16.0 Å². The van der Waals surface area contributed by atoms with E-state index in [4.69, 9.17) is 16.3 Å². The summed E-state index contributed by atoms with van der Waals surface area (Å²) in [5, 5.41) is 14.4.